The second-order valence-electron chi connectivity index (χ2n) is 14.7. The van der Waals surface area contributed by atoms with Gasteiger partial charge in [-0.15, -0.1) is 0 Å². The molecule has 0 amide bonds. The van der Waals surface area contributed by atoms with E-state index in [2.05, 4.69) is 67.7 Å². The predicted molar refractivity (Wildman–Crippen MR) is 149 cm³/mol. The first-order chi connectivity index (χ1) is 16.6. The molecule has 4 rings (SSSR count). The Hall–Kier alpha value is 0.194. The van der Waals surface area contributed by atoms with E-state index in [-0.39, 0.29) is 46.7 Å². The molecule has 0 unspecified atom stereocenters. The number of epoxide rings is 2. The van der Waals surface area contributed by atoms with Crippen molar-refractivity contribution in [3.05, 3.63) is 0 Å². The Morgan fingerprint density at radius 2 is 0.944 bits per heavy atom. The smallest absolute Gasteiger partial charge is 0.192 e. The summed E-state index contributed by atoms with van der Waals surface area (Å²) in [4.78, 5) is 0. The lowest BCUT2D eigenvalue weighted by molar-refractivity contribution is -0.0586. The molecule has 4 aliphatic rings. The van der Waals surface area contributed by atoms with E-state index in [1.807, 2.05) is 0 Å². The fourth-order valence-electron chi connectivity index (χ4n) is 5.09. The van der Waals surface area contributed by atoms with Crippen molar-refractivity contribution in [3.8, 4) is 0 Å². The summed E-state index contributed by atoms with van der Waals surface area (Å²) in [7, 11) is -3.92. The first-order valence-electron chi connectivity index (χ1n) is 14.5. The van der Waals surface area contributed by atoms with Crippen molar-refractivity contribution < 1.29 is 27.8 Å². The molecule has 4 aliphatic heterocycles. The summed E-state index contributed by atoms with van der Waals surface area (Å²) < 4.78 is 38.4. The molecule has 8 heteroatoms. The number of ether oxygens (including phenoxy) is 4. The van der Waals surface area contributed by atoms with Crippen LogP contribution in [0, 0.1) is 0 Å². The van der Waals surface area contributed by atoms with E-state index in [0.29, 0.717) is 12.2 Å². The maximum atomic E-state index is 7.08. The molecule has 0 aromatic carbocycles. The third-order valence-electron chi connectivity index (χ3n) is 9.79. The average molecular weight is 543 g/mol. The fourth-order valence-corrected chi connectivity index (χ4v) is 7.85. The zero-order valence-electron chi connectivity index (χ0n) is 24.7. The highest BCUT2D eigenvalue weighted by Crippen LogP contribution is 2.43. The predicted octanol–water partition coefficient (Wildman–Crippen LogP) is 6.44. The van der Waals surface area contributed by atoms with Gasteiger partial charge >= 0.3 is 0 Å². The highest BCUT2D eigenvalue weighted by molar-refractivity contribution is 6.74. The first kappa shape index (κ1) is 29.2. The van der Waals surface area contributed by atoms with Crippen LogP contribution in [0.5, 0.6) is 0 Å². The van der Waals surface area contributed by atoms with E-state index in [1.54, 1.807) is 0 Å². The van der Waals surface area contributed by atoms with Crippen molar-refractivity contribution in [2.75, 3.05) is 13.2 Å². The quantitative estimate of drug-likeness (QED) is 0.221. The van der Waals surface area contributed by atoms with Gasteiger partial charge < -0.3 is 27.8 Å². The minimum atomic E-state index is -1.96. The highest BCUT2D eigenvalue weighted by atomic mass is 28.4. The van der Waals surface area contributed by atoms with E-state index in [0.717, 1.165) is 51.7 Å². The minimum Gasteiger partial charge on any atom is -0.411 e. The fraction of sp³-hybridized carbons (Fsp3) is 1.00. The number of rotatable bonds is 11. The van der Waals surface area contributed by atoms with E-state index < -0.39 is 16.6 Å². The molecule has 0 aliphatic carbocycles. The second kappa shape index (κ2) is 10.6. The lowest BCUT2D eigenvalue weighted by Gasteiger charge is -2.43. The van der Waals surface area contributed by atoms with Crippen LogP contribution in [0.15, 0.2) is 0 Å². The molecule has 0 saturated carbocycles. The van der Waals surface area contributed by atoms with Gasteiger partial charge in [0.2, 0.25) is 0 Å². The van der Waals surface area contributed by atoms with Crippen molar-refractivity contribution in [3.63, 3.8) is 0 Å². The largest absolute Gasteiger partial charge is 0.411 e. The Kier molecular flexibility index (Phi) is 8.62. The van der Waals surface area contributed by atoms with E-state index in [1.165, 1.54) is 0 Å². The minimum absolute atomic E-state index is 0.0872. The lowest BCUT2D eigenvalue weighted by Crippen LogP contribution is -2.49. The van der Waals surface area contributed by atoms with Gasteiger partial charge in [-0.1, -0.05) is 41.5 Å². The molecule has 0 aromatic heterocycles. The van der Waals surface area contributed by atoms with E-state index >= 15 is 0 Å². The standard InChI is InChI=1S/C28H54O6Si2/c1-27(2,3)35(7,8)33-23(19-11-13-21(31-19)25-17-29-25)15-16-24(34-36(9,10)28(4,5)6)20-12-14-22(32-20)26-18-30-26/h19-26H,11-18H2,1-10H3/t19-,20-,21+,22+,23-,24-,25-,26-/m0/s1. The van der Waals surface area contributed by atoms with Gasteiger partial charge in [-0.25, -0.2) is 0 Å². The molecule has 210 valence electrons. The van der Waals surface area contributed by atoms with Crippen LogP contribution in [-0.2, 0) is 27.8 Å². The Morgan fingerprint density at radius 3 is 1.22 bits per heavy atom. The topological polar surface area (TPSA) is 62.0 Å². The molecule has 4 heterocycles. The summed E-state index contributed by atoms with van der Waals surface area (Å²) in [5.41, 5.74) is 0. The van der Waals surface area contributed by atoms with Gasteiger partial charge in [0.25, 0.3) is 0 Å². The molecule has 0 radical (unpaired) electrons. The molecular formula is C28H54O6Si2. The van der Waals surface area contributed by atoms with Gasteiger partial charge in [0.1, 0.15) is 12.2 Å². The molecule has 0 aromatic rings. The van der Waals surface area contributed by atoms with Gasteiger partial charge in [0.05, 0.1) is 49.8 Å². The SMILES string of the molecule is CC(C)(C)[Si](C)(C)O[C@@H](CC[C@H](O[Si](C)(C)C(C)(C)C)[C@@H]1CC[C@H]([C@@H]2CO2)O1)[C@@H]1CC[C@H]([C@@H]2CO2)O1. The summed E-state index contributed by atoms with van der Waals surface area (Å²) in [5.74, 6) is 0. The Morgan fingerprint density at radius 1 is 0.611 bits per heavy atom. The monoisotopic (exact) mass is 542 g/mol. The molecule has 36 heavy (non-hydrogen) atoms. The van der Waals surface area contributed by atoms with Gasteiger partial charge in [-0.05, 0) is 74.8 Å². The van der Waals surface area contributed by atoms with Gasteiger partial charge in [-0.2, -0.15) is 0 Å². The molecule has 8 atom stereocenters. The zero-order chi connectivity index (χ0) is 26.5. The summed E-state index contributed by atoms with van der Waals surface area (Å²) in [6, 6.07) is 0. The third-order valence-corrected chi connectivity index (χ3v) is 18.8. The third kappa shape index (κ3) is 7.03. The van der Waals surface area contributed by atoms with Crippen molar-refractivity contribution >= 4 is 16.6 Å². The van der Waals surface area contributed by atoms with Crippen molar-refractivity contribution in [2.24, 2.45) is 0 Å². The summed E-state index contributed by atoms with van der Waals surface area (Å²) in [6.07, 6.45) is 7.66. The van der Waals surface area contributed by atoms with Crippen LogP contribution in [-0.4, -0.2) is 78.7 Å². The molecule has 6 nitrogen and oxygen atoms in total. The molecule has 4 fully saturated rings. The maximum Gasteiger partial charge on any atom is 0.192 e. The second-order valence-corrected chi connectivity index (χ2v) is 24.2. The lowest BCUT2D eigenvalue weighted by atomic mass is 9.99. The van der Waals surface area contributed by atoms with Crippen LogP contribution in [0.1, 0.15) is 80.1 Å². The summed E-state index contributed by atoms with van der Waals surface area (Å²) in [5, 5.41) is 0.317. The Balaban J connectivity index is 1.48. The van der Waals surface area contributed by atoms with Gasteiger partial charge in [0, 0.05) is 0 Å². The van der Waals surface area contributed by atoms with Crippen LogP contribution in [0.4, 0.5) is 0 Å². The van der Waals surface area contributed by atoms with Gasteiger partial charge in [-0.3, -0.25) is 0 Å². The number of hydrogen-bond donors (Lipinski definition) is 0. The average Bonchev–Trinajstić information content (AvgIpc) is 3.68. The first-order valence-corrected chi connectivity index (χ1v) is 20.3. The van der Waals surface area contributed by atoms with Crippen LogP contribution in [0.2, 0.25) is 36.3 Å². The Labute approximate surface area is 222 Å². The van der Waals surface area contributed by atoms with Crippen molar-refractivity contribution in [2.45, 2.75) is 165 Å². The Bertz CT molecular complexity index is 675. The molecule has 0 spiro atoms. The molecule has 4 saturated heterocycles. The highest BCUT2D eigenvalue weighted by Gasteiger charge is 2.48. The maximum absolute atomic E-state index is 7.08. The van der Waals surface area contributed by atoms with Crippen LogP contribution < -0.4 is 0 Å². The normalized spacial score (nSPS) is 35.2. The molecule has 0 N–H and O–H groups in total. The van der Waals surface area contributed by atoms with Crippen LogP contribution in [0.25, 0.3) is 0 Å². The zero-order valence-corrected chi connectivity index (χ0v) is 26.7. The van der Waals surface area contributed by atoms with Gasteiger partial charge in [0.15, 0.2) is 16.6 Å². The van der Waals surface area contributed by atoms with Crippen LogP contribution >= 0.6 is 0 Å². The molecular weight excluding hydrogens is 488 g/mol. The summed E-state index contributed by atoms with van der Waals surface area (Å²) in [6.45, 7) is 25.1. The van der Waals surface area contributed by atoms with E-state index in [9.17, 15) is 0 Å². The van der Waals surface area contributed by atoms with Crippen molar-refractivity contribution in [1.82, 2.24) is 0 Å². The number of hydrogen-bond acceptors (Lipinski definition) is 6. The van der Waals surface area contributed by atoms with E-state index in [4.69, 9.17) is 27.8 Å². The molecule has 0 bridgehead atoms. The van der Waals surface area contributed by atoms with Crippen LogP contribution in [0.3, 0.4) is 0 Å². The van der Waals surface area contributed by atoms with Crippen molar-refractivity contribution in [1.29, 1.82) is 0 Å². The summed E-state index contributed by atoms with van der Waals surface area (Å²) >= 11 is 0.